The number of nitrogens with zero attached hydrogens (tertiary/aromatic N) is 2. The minimum atomic E-state index is -0.286. The summed E-state index contributed by atoms with van der Waals surface area (Å²) in [5.41, 5.74) is 0.785. The van der Waals surface area contributed by atoms with E-state index in [0.29, 0.717) is 12.3 Å². The van der Waals surface area contributed by atoms with Crippen molar-refractivity contribution >= 4 is 17.7 Å². The van der Waals surface area contributed by atoms with Gasteiger partial charge in [0.25, 0.3) is 0 Å². The Labute approximate surface area is 114 Å². The van der Waals surface area contributed by atoms with Crippen LogP contribution >= 0.6 is 11.8 Å². The summed E-state index contributed by atoms with van der Waals surface area (Å²) in [4.78, 5) is 20.9. The Balaban J connectivity index is 1.83. The largest absolute Gasteiger partial charge is 0.346 e. The molecule has 1 aromatic carbocycles. The molecule has 1 amide bonds. The van der Waals surface area contributed by atoms with Crippen molar-refractivity contribution in [2.45, 2.75) is 11.9 Å². The Morgan fingerprint density at radius 3 is 3.16 bits per heavy atom. The Morgan fingerprint density at radius 1 is 1.53 bits per heavy atom. The van der Waals surface area contributed by atoms with Crippen molar-refractivity contribution in [1.29, 1.82) is 0 Å². The number of rotatable bonds is 3. The maximum Gasteiger partial charge on any atom is 0.234 e. The highest BCUT2D eigenvalue weighted by Gasteiger charge is 2.34. The number of hydrogen-bond acceptors (Lipinski definition) is 3. The van der Waals surface area contributed by atoms with Crippen molar-refractivity contribution < 1.29 is 9.18 Å². The van der Waals surface area contributed by atoms with Crippen LogP contribution in [0.15, 0.2) is 36.7 Å². The van der Waals surface area contributed by atoms with Crippen LogP contribution in [0.4, 0.5) is 4.39 Å². The van der Waals surface area contributed by atoms with Crippen molar-refractivity contribution in [2.75, 3.05) is 5.75 Å². The van der Waals surface area contributed by atoms with E-state index in [2.05, 4.69) is 9.97 Å². The van der Waals surface area contributed by atoms with Crippen LogP contribution in [0.2, 0.25) is 0 Å². The molecule has 1 fully saturated rings. The number of imidazole rings is 1. The van der Waals surface area contributed by atoms with Crippen LogP contribution in [0, 0.1) is 5.82 Å². The van der Waals surface area contributed by atoms with E-state index in [1.165, 1.54) is 23.9 Å². The molecule has 2 aromatic rings. The summed E-state index contributed by atoms with van der Waals surface area (Å²) >= 11 is 1.53. The summed E-state index contributed by atoms with van der Waals surface area (Å²) < 4.78 is 13.2. The van der Waals surface area contributed by atoms with Gasteiger partial charge in [-0.05, 0) is 17.7 Å². The number of aromatic nitrogens is 2. The number of thioether (sulfide) groups is 1. The predicted octanol–water partition coefficient (Wildman–Crippen LogP) is 2.32. The van der Waals surface area contributed by atoms with Gasteiger partial charge in [-0.15, -0.1) is 11.8 Å². The molecule has 1 atom stereocenters. The lowest BCUT2D eigenvalue weighted by molar-refractivity contribution is -0.128. The van der Waals surface area contributed by atoms with Crippen molar-refractivity contribution in [3.8, 4) is 0 Å². The zero-order chi connectivity index (χ0) is 13.2. The first-order valence-electron chi connectivity index (χ1n) is 5.89. The lowest BCUT2D eigenvalue weighted by Crippen LogP contribution is -2.28. The Morgan fingerprint density at radius 2 is 2.42 bits per heavy atom. The van der Waals surface area contributed by atoms with Gasteiger partial charge in [-0.25, -0.2) is 9.37 Å². The van der Waals surface area contributed by atoms with E-state index < -0.39 is 0 Å². The van der Waals surface area contributed by atoms with E-state index >= 15 is 0 Å². The Kier molecular flexibility index (Phi) is 3.25. The van der Waals surface area contributed by atoms with Crippen LogP contribution in [0.25, 0.3) is 0 Å². The molecular weight excluding hydrogens is 265 g/mol. The van der Waals surface area contributed by atoms with Gasteiger partial charge in [-0.2, -0.15) is 0 Å². The molecule has 19 heavy (non-hydrogen) atoms. The van der Waals surface area contributed by atoms with Gasteiger partial charge in [0.1, 0.15) is 17.0 Å². The first-order chi connectivity index (χ1) is 9.24. The SMILES string of the molecule is O=C1CSC(c2ncc[nH]2)N1Cc1cccc(F)c1. The molecule has 1 aliphatic heterocycles. The van der Waals surface area contributed by atoms with E-state index in [0.717, 1.165) is 11.4 Å². The van der Waals surface area contributed by atoms with Gasteiger partial charge < -0.3 is 9.88 Å². The van der Waals surface area contributed by atoms with E-state index in [1.54, 1.807) is 23.4 Å². The average Bonchev–Trinajstić information content (AvgIpc) is 3.01. The quantitative estimate of drug-likeness (QED) is 0.936. The molecule has 1 unspecified atom stereocenters. The van der Waals surface area contributed by atoms with Crippen molar-refractivity contribution in [1.82, 2.24) is 14.9 Å². The maximum atomic E-state index is 13.2. The second-order valence-electron chi connectivity index (χ2n) is 4.29. The minimum absolute atomic E-state index is 0.0515. The highest BCUT2D eigenvalue weighted by Crippen LogP contribution is 2.37. The number of amides is 1. The minimum Gasteiger partial charge on any atom is -0.346 e. The van der Waals surface area contributed by atoms with Crippen LogP contribution in [0.5, 0.6) is 0 Å². The van der Waals surface area contributed by atoms with Gasteiger partial charge in [0.15, 0.2) is 0 Å². The molecule has 1 aliphatic rings. The number of hydrogen-bond donors (Lipinski definition) is 1. The summed E-state index contributed by atoms with van der Waals surface area (Å²) in [5.74, 6) is 0.954. The normalized spacial score (nSPS) is 19.1. The van der Waals surface area contributed by atoms with Crippen molar-refractivity contribution in [3.05, 3.63) is 53.9 Å². The maximum absolute atomic E-state index is 13.2. The van der Waals surface area contributed by atoms with Crippen molar-refractivity contribution in [2.24, 2.45) is 0 Å². The zero-order valence-corrected chi connectivity index (χ0v) is 10.9. The van der Waals surface area contributed by atoms with E-state index in [-0.39, 0.29) is 17.1 Å². The van der Waals surface area contributed by atoms with Gasteiger partial charge in [0, 0.05) is 18.9 Å². The van der Waals surface area contributed by atoms with Gasteiger partial charge in [0.2, 0.25) is 5.91 Å². The third kappa shape index (κ3) is 2.49. The topological polar surface area (TPSA) is 49.0 Å². The van der Waals surface area contributed by atoms with Gasteiger partial charge >= 0.3 is 0 Å². The number of carbonyl (C=O) groups excluding carboxylic acids is 1. The zero-order valence-electron chi connectivity index (χ0n) is 10.0. The number of carbonyl (C=O) groups is 1. The van der Waals surface area contributed by atoms with Gasteiger partial charge in [-0.1, -0.05) is 12.1 Å². The summed E-state index contributed by atoms with van der Waals surface area (Å²) in [6.07, 6.45) is 3.40. The smallest absolute Gasteiger partial charge is 0.234 e. The molecule has 3 rings (SSSR count). The number of aromatic amines is 1. The molecule has 0 spiro atoms. The Hall–Kier alpha value is -1.82. The summed E-state index contributed by atoms with van der Waals surface area (Å²) in [6.45, 7) is 0.398. The van der Waals surface area contributed by atoms with Crippen molar-refractivity contribution in [3.63, 3.8) is 0 Å². The summed E-state index contributed by atoms with van der Waals surface area (Å²) in [7, 11) is 0. The fourth-order valence-corrected chi connectivity index (χ4v) is 3.22. The van der Waals surface area contributed by atoms with Crippen LogP contribution in [0.3, 0.4) is 0 Å². The third-order valence-corrected chi connectivity index (χ3v) is 4.17. The third-order valence-electron chi connectivity index (χ3n) is 2.96. The fraction of sp³-hybridized carbons (Fsp3) is 0.231. The van der Waals surface area contributed by atoms with Crippen LogP contribution in [0.1, 0.15) is 16.8 Å². The average molecular weight is 277 g/mol. The molecule has 4 nitrogen and oxygen atoms in total. The first kappa shape index (κ1) is 12.2. The summed E-state index contributed by atoms with van der Waals surface area (Å²) in [5, 5.41) is -0.120. The highest BCUT2D eigenvalue weighted by atomic mass is 32.2. The van der Waals surface area contributed by atoms with Crippen LogP contribution in [-0.4, -0.2) is 26.5 Å². The number of H-pyrrole nitrogens is 1. The number of halogens is 1. The van der Waals surface area contributed by atoms with E-state index in [1.807, 2.05) is 6.07 Å². The molecule has 0 radical (unpaired) electrons. The van der Waals surface area contributed by atoms with Gasteiger partial charge in [0.05, 0.1) is 5.75 Å². The monoisotopic (exact) mass is 277 g/mol. The summed E-state index contributed by atoms with van der Waals surface area (Å²) in [6, 6.07) is 6.32. The molecule has 2 heterocycles. The molecule has 1 N–H and O–H groups in total. The molecule has 6 heteroatoms. The molecule has 1 saturated heterocycles. The molecule has 0 bridgehead atoms. The lowest BCUT2D eigenvalue weighted by atomic mass is 10.2. The Bertz CT molecular complexity index is 587. The van der Waals surface area contributed by atoms with E-state index in [4.69, 9.17) is 0 Å². The second-order valence-corrected chi connectivity index (χ2v) is 5.36. The molecular formula is C13H12FN3OS. The van der Waals surface area contributed by atoms with Gasteiger partial charge in [-0.3, -0.25) is 4.79 Å². The molecule has 0 saturated carbocycles. The molecule has 0 aliphatic carbocycles. The van der Waals surface area contributed by atoms with Crippen LogP contribution in [-0.2, 0) is 11.3 Å². The highest BCUT2D eigenvalue weighted by molar-refractivity contribution is 8.00. The second kappa shape index (κ2) is 5.05. The number of benzene rings is 1. The predicted molar refractivity (Wildman–Crippen MR) is 70.7 cm³/mol. The van der Waals surface area contributed by atoms with E-state index in [9.17, 15) is 9.18 Å². The van der Waals surface area contributed by atoms with Crippen LogP contribution < -0.4 is 0 Å². The standard InChI is InChI=1S/C13H12FN3OS/c14-10-3-1-2-9(6-10)7-17-11(18)8-19-13(17)12-15-4-5-16-12/h1-6,13H,7-8H2,(H,15,16). The fourth-order valence-electron chi connectivity index (χ4n) is 2.10. The number of nitrogens with one attached hydrogen (secondary N) is 1. The lowest BCUT2D eigenvalue weighted by Gasteiger charge is -2.22. The molecule has 1 aromatic heterocycles. The first-order valence-corrected chi connectivity index (χ1v) is 6.94. The molecule has 98 valence electrons.